The Balaban J connectivity index is 1.50. The molecule has 3 aromatic rings. The van der Waals surface area contributed by atoms with E-state index in [1.54, 1.807) is 30.5 Å². The molecule has 0 aliphatic heterocycles. The molecule has 0 saturated heterocycles. The highest BCUT2D eigenvalue weighted by Crippen LogP contribution is 2.18. The molecule has 0 heterocycles. The fourth-order valence-corrected chi connectivity index (χ4v) is 2.76. The third-order valence-electron chi connectivity index (χ3n) is 4.08. The lowest BCUT2D eigenvalue weighted by molar-refractivity contribution is -0.114. The lowest BCUT2D eigenvalue weighted by Gasteiger charge is -2.07. The minimum Gasteiger partial charge on any atom is -0.489 e. The molecule has 0 bridgehead atoms. The van der Waals surface area contributed by atoms with Crippen molar-refractivity contribution in [2.75, 3.05) is 5.32 Å². The molecule has 6 nitrogen and oxygen atoms in total. The van der Waals surface area contributed by atoms with Gasteiger partial charge in [-0.25, -0.2) is 5.43 Å². The maximum atomic E-state index is 12.1. The summed E-state index contributed by atoms with van der Waals surface area (Å²) in [4.78, 5) is 23.1. The predicted molar refractivity (Wildman–Crippen MR) is 118 cm³/mol. The average Bonchev–Trinajstić information content (AvgIpc) is 2.74. The predicted octanol–water partition coefficient (Wildman–Crippen LogP) is 4.64. The molecule has 3 rings (SSSR count). The van der Waals surface area contributed by atoms with Crippen molar-refractivity contribution in [1.29, 1.82) is 0 Å². The van der Waals surface area contributed by atoms with E-state index < -0.39 is 0 Å². The summed E-state index contributed by atoms with van der Waals surface area (Å²) >= 11 is 6.12. The molecule has 0 aromatic heterocycles. The number of carbonyl (C=O) groups is 2. The summed E-state index contributed by atoms with van der Waals surface area (Å²) in [5.41, 5.74) is 5.25. The van der Waals surface area contributed by atoms with Crippen LogP contribution in [0.25, 0.3) is 0 Å². The number of ether oxygens (including phenoxy) is 1. The molecule has 0 aliphatic rings. The molecule has 30 heavy (non-hydrogen) atoms. The van der Waals surface area contributed by atoms with Crippen LogP contribution < -0.4 is 15.5 Å². The normalized spacial score (nSPS) is 10.6. The van der Waals surface area contributed by atoms with Gasteiger partial charge in [-0.15, -0.1) is 0 Å². The molecule has 7 heteroatoms. The molecular formula is C23H20ClN3O3. The third-order valence-corrected chi connectivity index (χ3v) is 4.45. The smallest absolute Gasteiger partial charge is 0.271 e. The van der Waals surface area contributed by atoms with E-state index in [1.165, 1.54) is 6.92 Å². The van der Waals surface area contributed by atoms with E-state index in [0.717, 1.165) is 11.1 Å². The van der Waals surface area contributed by atoms with Crippen LogP contribution in [0, 0.1) is 0 Å². The molecule has 0 aliphatic carbocycles. The number of nitrogens with zero attached hydrogens (tertiary/aromatic N) is 1. The lowest BCUT2D eigenvalue weighted by Crippen LogP contribution is -2.17. The van der Waals surface area contributed by atoms with Crippen molar-refractivity contribution in [3.05, 3.63) is 94.5 Å². The Kier molecular flexibility index (Phi) is 7.19. The Hall–Kier alpha value is -3.64. The number of halogens is 1. The van der Waals surface area contributed by atoms with Crippen LogP contribution in [0.3, 0.4) is 0 Å². The van der Waals surface area contributed by atoms with E-state index in [1.807, 2.05) is 48.5 Å². The largest absolute Gasteiger partial charge is 0.489 e. The first-order valence-corrected chi connectivity index (χ1v) is 9.56. The van der Waals surface area contributed by atoms with Gasteiger partial charge in [0.05, 0.1) is 6.21 Å². The van der Waals surface area contributed by atoms with Crippen LogP contribution in [0.4, 0.5) is 5.69 Å². The molecule has 0 spiro atoms. The van der Waals surface area contributed by atoms with Crippen LogP contribution in [0.2, 0.25) is 5.02 Å². The van der Waals surface area contributed by atoms with Crippen molar-refractivity contribution in [2.45, 2.75) is 13.5 Å². The molecule has 152 valence electrons. The van der Waals surface area contributed by atoms with Crippen LogP contribution in [-0.2, 0) is 11.4 Å². The van der Waals surface area contributed by atoms with Gasteiger partial charge in [0.1, 0.15) is 12.4 Å². The topological polar surface area (TPSA) is 79.8 Å². The summed E-state index contributed by atoms with van der Waals surface area (Å²) in [5.74, 6) is 0.188. The standard InChI is InChI=1S/C23H20ClN3O3/c1-16(28)26-20-10-8-18(9-11-20)23(29)27-25-14-17-6-12-21(13-7-17)30-15-19-4-2-3-5-22(19)24/h2-14H,15H2,1H3,(H,26,28)(H,27,29). The monoisotopic (exact) mass is 421 g/mol. The zero-order valence-electron chi connectivity index (χ0n) is 16.3. The lowest BCUT2D eigenvalue weighted by atomic mass is 10.2. The minimum absolute atomic E-state index is 0.169. The molecule has 0 radical (unpaired) electrons. The van der Waals surface area contributed by atoms with Crippen molar-refractivity contribution in [3.63, 3.8) is 0 Å². The summed E-state index contributed by atoms with van der Waals surface area (Å²) in [6, 6.07) is 21.4. The Bertz CT molecular complexity index is 1050. The van der Waals surface area contributed by atoms with Crippen LogP contribution in [-0.4, -0.2) is 18.0 Å². The number of amides is 2. The second kappa shape index (κ2) is 10.2. The first-order valence-electron chi connectivity index (χ1n) is 9.18. The number of hydrogen-bond donors (Lipinski definition) is 2. The van der Waals surface area contributed by atoms with Gasteiger partial charge < -0.3 is 10.1 Å². The number of benzene rings is 3. The number of rotatable bonds is 7. The van der Waals surface area contributed by atoms with Gasteiger partial charge in [0, 0.05) is 28.8 Å². The van der Waals surface area contributed by atoms with Crippen molar-refractivity contribution in [2.24, 2.45) is 5.10 Å². The van der Waals surface area contributed by atoms with E-state index in [0.29, 0.717) is 28.6 Å². The molecule has 0 atom stereocenters. The fourth-order valence-electron chi connectivity index (χ4n) is 2.56. The maximum absolute atomic E-state index is 12.1. The highest BCUT2D eigenvalue weighted by Gasteiger charge is 2.04. The van der Waals surface area contributed by atoms with E-state index in [-0.39, 0.29) is 11.8 Å². The minimum atomic E-state index is -0.347. The summed E-state index contributed by atoms with van der Waals surface area (Å²) in [7, 11) is 0. The highest BCUT2D eigenvalue weighted by molar-refractivity contribution is 6.31. The third kappa shape index (κ3) is 6.18. The zero-order valence-corrected chi connectivity index (χ0v) is 17.0. The Morgan fingerprint density at radius 1 is 1.00 bits per heavy atom. The molecule has 2 N–H and O–H groups in total. The van der Waals surface area contributed by atoms with Gasteiger partial charge in [0.25, 0.3) is 5.91 Å². The van der Waals surface area contributed by atoms with E-state index in [2.05, 4.69) is 15.8 Å². The van der Waals surface area contributed by atoms with Crippen LogP contribution in [0.5, 0.6) is 5.75 Å². The van der Waals surface area contributed by atoms with Gasteiger partial charge in [-0.1, -0.05) is 29.8 Å². The van der Waals surface area contributed by atoms with Crippen LogP contribution in [0.15, 0.2) is 77.9 Å². The van der Waals surface area contributed by atoms with Gasteiger partial charge in [-0.3, -0.25) is 9.59 Å². The Morgan fingerprint density at radius 2 is 1.70 bits per heavy atom. The van der Waals surface area contributed by atoms with Crippen molar-refractivity contribution >= 4 is 35.3 Å². The summed E-state index contributed by atoms with van der Waals surface area (Å²) < 4.78 is 5.74. The molecule has 0 saturated carbocycles. The summed E-state index contributed by atoms with van der Waals surface area (Å²) in [5, 5.41) is 7.28. The second-order valence-electron chi connectivity index (χ2n) is 6.41. The quantitative estimate of drug-likeness (QED) is 0.430. The van der Waals surface area contributed by atoms with Gasteiger partial charge in [-0.2, -0.15) is 5.10 Å². The molecule has 0 fully saturated rings. The number of anilines is 1. The number of nitrogens with one attached hydrogen (secondary N) is 2. The number of hydrazone groups is 1. The number of carbonyl (C=O) groups excluding carboxylic acids is 2. The van der Waals surface area contributed by atoms with Gasteiger partial charge in [0.2, 0.25) is 5.91 Å². The van der Waals surface area contributed by atoms with E-state index >= 15 is 0 Å². The first kappa shape index (κ1) is 21.1. The average molecular weight is 422 g/mol. The van der Waals surface area contributed by atoms with Crippen molar-refractivity contribution < 1.29 is 14.3 Å². The second-order valence-corrected chi connectivity index (χ2v) is 6.81. The van der Waals surface area contributed by atoms with Gasteiger partial charge in [0.15, 0.2) is 0 Å². The summed E-state index contributed by atoms with van der Waals surface area (Å²) in [6.07, 6.45) is 1.54. The van der Waals surface area contributed by atoms with Crippen molar-refractivity contribution in [1.82, 2.24) is 5.43 Å². The number of hydrogen-bond acceptors (Lipinski definition) is 4. The van der Waals surface area contributed by atoms with E-state index in [9.17, 15) is 9.59 Å². The first-order chi connectivity index (χ1) is 14.5. The van der Waals surface area contributed by atoms with Gasteiger partial charge >= 0.3 is 0 Å². The van der Waals surface area contributed by atoms with Crippen molar-refractivity contribution in [3.8, 4) is 5.75 Å². The van der Waals surface area contributed by atoms with Crippen LogP contribution >= 0.6 is 11.6 Å². The Labute approximate surface area is 179 Å². The molecule has 0 unspecified atom stereocenters. The maximum Gasteiger partial charge on any atom is 0.271 e. The Morgan fingerprint density at radius 3 is 2.37 bits per heavy atom. The SMILES string of the molecule is CC(=O)Nc1ccc(C(=O)NN=Cc2ccc(OCc3ccccc3Cl)cc2)cc1. The highest BCUT2D eigenvalue weighted by atomic mass is 35.5. The van der Waals surface area contributed by atoms with Gasteiger partial charge in [-0.05, 0) is 60.2 Å². The van der Waals surface area contributed by atoms with E-state index in [4.69, 9.17) is 16.3 Å². The summed E-state index contributed by atoms with van der Waals surface area (Å²) in [6.45, 7) is 1.80. The molecule has 2 amide bonds. The van der Waals surface area contributed by atoms with Crippen LogP contribution in [0.1, 0.15) is 28.4 Å². The molecule has 3 aromatic carbocycles. The zero-order chi connectivity index (χ0) is 21.3. The fraction of sp³-hybridized carbons (Fsp3) is 0.0870. The molecular weight excluding hydrogens is 402 g/mol.